The van der Waals surface area contributed by atoms with Crippen LogP contribution in [0.3, 0.4) is 0 Å². The van der Waals surface area contributed by atoms with Crippen LogP contribution in [-0.4, -0.2) is 40.5 Å². The fourth-order valence-corrected chi connectivity index (χ4v) is 3.54. The molecule has 1 saturated heterocycles. The first-order valence-corrected chi connectivity index (χ1v) is 9.38. The summed E-state index contributed by atoms with van der Waals surface area (Å²) in [7, 11) is 0. The van der Waals surface area contributed by atoms with E-state index in [-0.39, 0.29) is 6.04 Å². The molecule has 1 aliphatic heterocycles. The zero-order valence-corrected chi connectivity index (χ0v) is 15.0. The van der Waals surface area contributed by atoms with Crippen LogP contribution in [0.1, 0.15) is 37.4 Å². The molecular formula is C19H23ClN4O. The molecular weight excluding hydrogens is 336 g/mol. The van der Waals surface area contributed by atoms with Crippen molar-refractivity contribution in [2.24, 2.45) is 0 Å². The fourth-order valence-electron chi connectivity index (χ4n) is 3.41. The second-order valence-electron chi connectivity index (χ2n) is 6.78. The van der Waals surface area contributed by atoms with Gasteiger partial charge in [0.05, 0.1) is 24.1 Å². The lowest BCUT2D eigenvalue weighted by atomic mass is 9.91. The largest absolute Gasteiger partial charge is 0.438 e. The van der Waals surface area contributed by atoms with Gasteiger partial charge in [0, 0.05) is 17.6 Å². The van der Waals surface area contributed by atoms with Crippen LogP contribution in [0.25, 0.3) is 0 Å². The zero-order valence-electron chi connectivity index (χ0n) is 14.2. The smallest absolute Gasteiger partial charge is 0.237 e. The van der Waals surface area contributed by atoms with Crippen molar-refractivity contribution in [2.75, 3.05) is 19.6 Å². The SMILES string of the molecule is Clc1ccc(Oc2cnc(C3CN(C4CCC4)CCCN3)cn2)cc1. The molecule has 1 aromatic carbocycles. The van der Waals surface area contributed by atoms with Crippen LogP contribution >= 0.6 is 11.6 Å². The maximum absolute atomic E-state index is 5.89. The zero-order chi connectivity index (χ0) is 17.1. The van der Waals surface area contributed by atoms with Crippen LogP contribution in [0.4, 0.5) is 0 Å². The third-order valence-electron chi connectivity index (χ3n) is 5.06. The second-order valence-corrected chi connectivity index (χ2v) is 7.21. The molecule has 0 spiro atoms. The summed E-state index contributed by atoms with van der Waals surface area (Å²) in [5, 5.41) is 4.29. The first-order chi connectivity index (χ1) is 12.3. The highest BCUT2D eigenvalue weighted by Crippen LogP contribution is 2.28. The van der Waals surface area contributed by atoms with Crippen LogP contribution < -0.4 is 10.1 Å². The van der Waals surface area contributed by atoms with Crippen molar-refractivity contribution in [3.8, 4) is 11.6 Å². The molecule has 1 unspecified atom stereocenters. The highest BCUT2D eigenvalue weighted by atomic mass is 35.5. The first kappa shape index (κ1) is 16.8. The van der Waals surface area contributed by atoms with Crippen LogP contribution in [0.15, 0.2) is 36.7 Å². The summed E-state index contributed by atoms with van der Waals surface area (Å²) < 4.78 is 5.72. The lowest BCUT2D eigenvalue weighted by Gasteiger charge is -2.38. The van der Waals surface area contributed by atoms with E-state index in [1.807, 2.05) is 18.3 Å². The number of hydrogen-bond acceptors (Lipinski definition) is 5. The maximum atomic E-state index is 5.89. The molecule has 2 fully saturated rings. The topological polar surface area (TPSA) is 50.3 Å². The van der Waals surface area contributed by atoms with E-state index in [0.29, 0.717) is 16.7 Å². The van der Waals surface area contributed by atoms with Gasteiger partial charge in [0.15, 0.2) is 0 Å². The Morgan fingerprint density at radius 2 is 1.92 bits per heavy atom. The van der Waals surface area contributed by atoms with Gasteiger partial charge in [-0.05, 0) is 56.6 Å². The van der Waals surface area contributed by atoms with Gasteiger partial charge >= 0.3 is 0 Å². The van der Waals surface area contributed by atoms with Crippen molar-refractivity contribution >= 4 is 11.6 Å². The summed E-state index contributed by atoms with van der Waals surface area (Å²) >= 11 is 5.89. The first-order valence-electron chi connectivity index (χ1n) is 9.01. The molecule has 25 heavy (non-hydrogen) atoms. The molecule has 1 aliphatic carbocycles. The molecule has 2 aliphatic rings. The number of benzene rings is 1. The van der Waals surface area contributed by atoms with Crippen LogP contribution in [0.5, 0.6) is 11.6 Å². The quantitative estimate of drug-likeness (QED) is 0.900. The summed E-state index contributed by atoms with van der Waals surface area (Å²) in [5.74, 6) is 1.20. The third kappa shape index (κ3) is 4.11. The van der Waals surface area contributed by atoms with Crippen LogP contribution in [-0.2, 0) is 0 Å². The number of nitrogens with zero attached hydrogens (tertiary/aromatic N) is 3. The van der Waals surface area contributed by atoms with Gasteiger partial charge in [-0.15, -0.1) is 0 Å². The molecule has 0 radical (unpaired) electrons. The van der Waals surface area contributed by atoms with Crippen molar-refractivity contribution < 1.29 is 4.74 Å². The number of aromatic nitrogens is 2. The highest BCUT2D eigenvalue weighted by Gasteiger charge is 2.29. The van der Waals surface area contributed by atoms with E-state index in [1.165, 1.54) is 32.2 Å². The predicted octanol–water partition coefficient (Wildman–Crippen LogP) is 3.81. The van der Waals surface area contributed by atoms with E-state index < -0.39 is 0 Å². The van der Waals surface area contributed by atoms with Crippen molar-refractivity contribution in [2.45, 2.75) is 37.8 Å². The van der Waals surface area contributed by atoms with Crippen molar-refractivity contribution in [1.29, 1.82) is 0 Å². The molecule has 0 bridgehead atoms. The van der Waals surface area contributed by atoms with E-state index in [9.17, 15) is 0 Å². The normalized spacial score (nSPS) is 22.2. The Labute approximate surface area is 153 Å². The van der Waals surface area contributed by atoms with Gasteiger partial charge in [0.1, 0.15) is 5.75 Å². The fraction of sp³-hybridized carbons (Fsp3) is 0.474. The van der Waals surface area contributed by atoms with Crippen molar-refractivity contribution in [1.82, 2.24) is 20.2 Å². The molecule has 6 heteroatoms. The van der Waals surface area contributed by atoms with Gasteiger partial charge in [-0.2, -0.15) is 0 Å². The number of halogens is 1. The molecule has 1 aromatic heterocycles. The lowest BCUT2D eigenvalue weighted by Crippen LogP contribution is -2.43. The summed E-state index contributed by atoms with van der Waals surface area (Å²) in [6.45, 7) is 3.22. The van der Waals surface area contributed by atoms with Gasteiger partial charge in [0.2, 0.25) is 5.88 Å². The number of hydrogen-bond donors (Lipinski definition) is 1. The molecule has 0 amide bonds. The molecule has 1 atom stereocenters. The molecule has 2 aromatic rings. The molecule has 1 saturated carbocycles. The number of ether oxygens (including phenoxy) is 1. The molecule has 132 valence electrons. The van der Waals surface area contributed by atoms with E-state index in [2.05, 4.69) is 20.2 Å². The van der Waals surface area contributed by atoms with Gasteiger partial charge in [-0.3, -0.25) is 9.88 Å². The summed E-state index contributed by atoms with van der Waals surface area (Å²) in [6, 6.07) is 8.23. The average molecular weight is 359 g/mol. The van der Waals surface area contributed by atoms with E-state index in [1.54, 1.807) is 18.3 Å². The van der Waals surface area contributed by atoms with E-state index in [0.717, 1.165) is 24.8 Å². The number of rotatable bonds is 4. The Morgan fingerprint density at radius 1 is 1.08 bits per heavy atom. The van der Waals surface area contributed by atoms with E-state index >= 15 is 0 Å². The van der Waals surface area contributed by atoms with Crippen LogP contribution in [0.2, 0.25) is 5.02 Å². The Kier molecular flexibility index (Phi) is 5.15. The van der Waals surface area contributed by atoms with Gasteiger partial charge in [0.25, 0.3) is 0 Å². The Bertz CT molecular complexity index is 688. The van der Waals surface area contributed by atoms with E-state index in [4.69, 9.17) is 16.3 Å². The van der Waals surface area contributed by atoms with Crippen LogP contribution in [0, 0.1) is 0 Å². The predicted molar refractivity (Wildman–Crippen MR) is 98.1 cm³/mol. The summed E-state index contributed by atoms with van der Waals surface area (Å²) in [6.07, 6.45) is 8.77. The van der Waals surface area contributed by atoms with Gasteiger partial charge in [-0.1, -0.05) is 18.0 Å². The van der Waals surface area contributed by atoms with Crippen molar-refractivity contribution in [3.63, 3.8) is 0 Å². The Balaban J connectivity index is 1.42. The maximum Gasteiger partial charge on any atom is 0.237 e. The minimum atomic E-state index is 0.236. The Morgan fingerprint density at radius 3 is 2.60 bits per heavy atom. The second kappa shape index (κ2) is 7.68. The van der Waals surface area contributed by atoms with Gasteiger partial charge in [-0.25, -0.2) is 4.98 Å². The highest BCUT2D eigenvalue weighted by molar-refractivity contribution is 6.30. The standard InChI is InChI=1S/C19H23ClN4O/c20-14-5-7-16(8-6-14)25-19-12-22-17(11-23-19)18-13-24(10-2-9-21-18)15-3-1-4-15/h5-8,11-12,15,18,21H,1-4,9-10,13H2. The molecule has 4 rings (SSSR count). The number of nitrogens with one attached hydrogen (secondary N) is 1. The summed E-state index contributed by atoms with van der Waals surface area (Å²) in [5.41, 5.74) is 0.981. The minimum absolute atomic E-state index is 0.236. The average Bonchev–Trinajstić information content (AvgIpc) is 2.82. The molecule has 1 N–H and O–H groups in total. The molecule has 5 nitrogen and oxygen atoms in total. The summed E-state index contributed by atoms with van der Waals surface area (Å²) in [4.78, 5) is 11.6. The van der Waals surface area contributed by atoms with Crippen molar-refractivity contribution in [3.05, 3.63) is 47.4 Å². The Hall–Kier alpha value is -1.69. The minimum Gasteiger partial charge on any atom is -0.438 e. The lowest BCUT2D eigenvalue weighted by molar-refractivity contribution is 0.125. The third-order valence-corrected chi connectivity index (χ3v) is 5.31. The monoisotopic (exact) mass is 358 g/mol. The van der Waals surface area contributed by atoms with Gasteiger partial charge < -0.3 is 10.1 Å². The molecule has 2 heterocycles.